The standard InChI is InChI=1S/C95H100O27/c1-94(2,70-50-62(44-56-4-20-73(21-5-56)117-79(32-38-96)88(105)106)85(102)63(51-70)45-57-6-22-74(23-7-57)118-80(33-39-97)89(107)108)68-16-18-69(19-17-68)95(3,71-52-64(46-58-8-24-75(25-9-58)119-81(34-40-98)90(109)110)86(103)65(53-71)47-59-10-26-76(27-11-59)120-82(35-41-99)91(111)112)72-54-66(48-60-12-28-77(29-13-60)121-83(36-42-100)92(113)114)87(104)67(55-72)49-61-14-30-78(31-15-61)122-84(37-43-101)93(115)116/h4-31,50-55,79-84,96-104H,32-49H2,1-3H3,(H,105,106)(H,107,108)(H,109,110)(H,111,112)(H,113,114)(H,115,116). The molecule has 10 rings (SSSR count). The number of benzene rings is 10. The van der Waals surface area contributed by atoms with Gasteiger partial charge in [0, 0.05) is 128 Å². The number of carboxylic acid groups (broad SMARTS) is 6. The average molecular weight is 1670 g/mol. The fourth-order valence-electron chi connectivity index (χ4n) is 14.4. The van der Waals surface area contributed by atoms with Gasteiger partial charge in [0.2, 0.25) is 0 Å². The molecule has 0 amide bonds. The smallest absolute Gasteiger partial charge is 0.344 e. The van der Waals surface area contributed by atoms with E-state index in [1.165, 1.54) is 0 Å². The van der Waals surface area contributed by atoms with Gasteiger partial charge in [-0.05, 0) is 174 Å². The number of phenolic OH excluding ortho intramolecular Hbond substituents is 3. The highest BCUT2D eigenvalue weighted by atomic mass is 16.5. The van der Waals surface area contributed by atoms with E-state index in [2.05, 4.69) is 0 Å². The largest absolute Gasteiger partial charge is 0.507 e. The third-order valence-corrected chi connectivity index (χ3v) is 21.4. The quantitative estimate of drug-likeness (QED) is 0.0158. The fourth-order valence-corrected chi connectivity index (χ4v) is 14.4. The maximum atomic E-state index is 12.9. The van der Waals surface area contributed by atoms with Crippen molar-refractivity contribution < 1.29 is 134 Å². The van der Waals surface area contributed by atoms with Gasteiger partial charge in [-0.25, -0.2) is 28.8 Å². The Morgan fingerprint density at radius 1 is 0.246 bits per heavy atom. The lowest BCUT2D eigenvalue weighted by molar-refractivity contribution is -0.146. The van der Waals surface area contributed by atoms with E-state index >= 15 is 0 Å². The van der Waals surface area contributed by atoms with Crippen LogP contribution in [0, 0.1) is 0 Å². The molecule has 0 aromatic heterocycles. The number of ether oxygens (including phenoxy) is 6. The van der Waals surface area contributed by atoms with E-state index in [1.807, 2.05) is 81.4 Å². The Labute approximate surface area is 703 Å². The Morgan fingerprint density at radius 2 is 0.410 bits per heavy atom. The van der Waals surface area contributed by atoms with E-state index in [9.17, 15) is 105 Å². The minimum atomic E-state index is -1.36. The van der Waals surface area contributed by atoms with Crippen molar-refractivity contribution in [1.82, 2.24) is 0 Å². The molecule has 15 N–H and O–H groups in total. The minimum absolute atomic E-state index is 0.0222. The number of rotatable bonds is 47. The number of carbonyl (C=O) groups is 6. The van der Waals surface area contributed by atoms with Crippen LogP contribution in [0.4, 0.5) is 0 Å². The lowest BCUT2D eigenvalue weighted by Gasteiger charge is -2.35. The molecule has 6 unspecified atom stereocenters. The zero-order valence-electron chi connectivity index (χ0n) is 67.4. The predicted molar refractivity (Wildman–Crippen MR) is 446 cm³/mol. The lowest BCUT2D eigenvalue weighted by Crippen LogP contribution is -2.28. The topological polar surface area (TPSA) is 461 Å². The van der Waals surface area contributed by atoms with Crippen molar-refractivity contribution in [2.24, 2.45) is 0 Å². The maximum Gasteiger partial charge on any atom is 0.344 e. The first-order valence-corrected chi connectivity index (χ1v) is 39.7. The van der Waals surface area contributed by atoms with Gasteiger partial charge in [-0.3, -0.25) is 0 Å². The average Bonchev–Trinajstić information content (AvgIpc) is 0.737. The second kappa shape index (κ2) is 42.3. The van der Waals surface area contributed by atoms with E-state index < -0.39 is 123 Å². The number of hydrogen-bond acceptors (Lipinski definition) is 21. The highest BCUT2D eigenvalue weighted by Crippen LogP contribution is 2.47. The van der Waals surface area contributed by atoms with Crippen molar-refractivity contribution in [3.05, 3.63) is 301 Å². The van der Waals surface area contributed by atoms with Gasteiger partial charge in [0.1, 0.15) is 51.7 Å². The maximum absolute atomic E-state index is 12.9. The van der Waals surface area contributed by atoms with Crippen molar-refractivity contribution >= 4 is 35.8 Å². The molecular weight excluding hydrogens is 1570 g/mol. The summed E-state index contributed by atoms with van der Waals surface area (Å²) in [5.41, 5.74) is 7.96. The molecule has 122 heavy (non-hydrogen) atoms. The highest BCUT2D eigenvalue weighted by Gasteiger charge is 2.37. The Morgan fingerprint density at radius 3 is 0.574 bits per heavy atom. The van der Waals surface area contributed by atoms with E-state index in [0.717, 1.165) is 11.1 Å². The molecule has 0 saturated heterocycles. The van der Waals surface area contributed by atoms with E-state index in [-0.39, 0.29) is 129 Å². The van der Waals surface area contributed by atoms with Crippen molar-refractivity contribution in [3.8, 4) is 51.7 Å². The third-order valence-electron chi connectivity index (χ3n) is 21.4. The van der Waals surface area contributed by atoms with Crippen molar-refractivity contribution in [2.75, 3.05) is 39.6 Å². The van der Waals surface area contributed by atoms with Crippen LogP contribution < -0.4 is 28.4 Å². The molecule has 0 spiro atoms. The molecule has 0 saturated carbocycles. The van der Waals surface area contributed by atoms with E-state index in [0.29, 0.717) is 83.5 Å². The normalized spacial score (nSPS) is 13.4. The Hall–Kier alpha value is -13.0. The predicted octanol–water partition coefficient (Wildman–Crippen LogP) is 11.3. The Balaban J connectivity index is 1.17. The molecule has 0 aliphatic rings. The van der Waals surface area contributed by atoms with Crippen LogP contribution in [0.3, 0.4) is 0 Å². The first-order valence-electron chi connectivity index (χ1n) is 39.7. The van der Waals surface area contributed by atoms with Crippen molar-refractivity contribution in [1.29, 1.82) is 0 Å². The zero-order valence-corrected chi connectivity index (χ0v) is 67.4. The molecule has 0 fully saturated rings. The summed E-state index contributed by atoms with van der Waals surface area (Å²) in [6.45, 7) is 3.43. The monoisotopic (exact) mass is 1670 g/mol. The molecule has 642 valence electrons. The summed E-state index contributed by atoms with van der Waals surface area (Å²) in [7, 11) is 0. The van der Waals surface area contributed by atoms with E-state index in [1.54, 1.807) is 146 Å². The summed E-state index contributed by atoms with van der Waals surface area (Å²) in [6, 6.07) is 59.1. The number of aliphatic hydroxyl groups excluding tert-OH is 6. The third kappa shape index (κ3) is 23.7. The molecule has 0 aliphatic heterocycles. The summed E-state index contributed by atoms with van der Waals surface area (Å²) in [5, 5.41) is 155. The van der Waals surface area contributed by atoms with Crippen LogP contribution in [0.1, 0.15) is 154 Å². The first-order chi connectivity index (χ1) is 58.4. The van der Waals surface area contributed by atoms with Crippen LogP contribution in [0.2, 0.25) is 0 Å². The second-order valence-electron chi connectivity index (χ2n) is 30.4. The van der Waals surface area contributed by atoms with Crippen molar-refractivity contribution in [3.63, 3.8) is 0 Å². The van der Waals surface area contributed by atoms with Gasteiger partial charge in [-0.2, -0.15) is 0 Å². The zero-order chi connectivity index (χ0) is 88.0. The Bertz CT molecular complexity index is 4730. The number of aliphatic carboxylic acids is 6. The van der Waals surface area contributed by atoms with Gasteiger partial charge in [-0.15, -0.1) is 0 Å². The number of phenols is 3. The van der Waals surface area contributed by atoms with Crippen LogP contribution >= 0.6 is 0 Å². The van der Waals surface area contributed by atoms with Gasteiger partial charge in [0.05, 0.1) is 0 Å². The van der Waals surface area contributed by atoms with Crippen LogP contribution in [-0.2, 0) is 78.1 Å². The molecular formula is C95H100O27. The van der Waals surface area contributed by atoms with Crippen LogP contribution in [0.15, 0.2) is 206 Å². The van der Waals surface area contributed by atoms with Gasteiger partial charge in [0.25, 0.3) is 0 Å². The summed E-state index contributed by atoms with van der Waals surface area (Å²) in [6.07, 6.45) is -8.44. The summed E-state index contributed by atoms with van der Waals surface area (Å²) >= 11 is 0. The molecule has 10 aromatic carbocycles. The van der Waals surface area contributed by atoms with Crippen LogP contribution in [0.25, 0.3) is 0 Å². The summed E-state index contributed by atoms with van der Waals surface area (Å²) in [4.78, 5) is 72.6. The molecule has 27 heteroatoms. The number of carboxylic acids is 6. The molecule has 0 bridgehead atoms. The molecule has 6 atom stereocenters. The van der Waals surface area contributed by atoms with Gasteiger partial charge < -0.3 is 105 Å². The lowest BCUT2D eigenvalue weighted by atomic mass is 9.68. The second-order valence-corrected chi connectivity index (χ2v) is 30.4. The summed E-state index contributed by atoms with van der Waals surface area (Å²) in [5.74, 6) is -6.56. The fraction of sp³-hybridized carbons (Fsp3) is 0.305. The molecule has 0 aliphatic carbocycles. The van der Waals surface area contributed by atoms with Crippen LogP contribution in [0.5, 0.6) is 51.7 Å². The minimum Gasteiger partial charge on any atom is -0.507 e. The van der Waals surface area contributed by atoms with E-state index in [4.69, 9.17) is 28.4 Å². The number of aromatic hydroxyl groups is 3. The molecule has 0 heterocycles. The van der Waals surface area contributed by atoms with Gasteiger partial charge >= 0.3 is 35.8 Å². The highest BCUT2D eigenvalue weighted by molar-refractivity contribution is 5.75. The number of hydrogen-bond donors (Lipinski definition) is 15. The molecule has 10 aromatic rings. The number of aliphatic hydroxyl groups is 6. The van der Waals surface area contributed by atoms with Crippen LogP contribution in [-0.4, -0.2) is 189 Å². The molecule has 27 nitrogen and oxygen atoms in total. The Kier molecular flexibility index (Phi) is 31.6. The van der Waals surface area contributed by atoms with Gasteiger partial charge in [0.15, 0.2) is 36.6 Å². The van der Waals surface area contributed by atoms with Gasteiger partial charge in [-0.1, -0.05) is 147 Å². The summed E-state index contributed by atoms with van der Waals surface area (Å²) < 4.78 is 34.6. The first kappa shape index (κ1) is 91.3. The van der Waals surface area contributed by atoms with Crippen molar-refractivity contribution in [2.45, 2.75) is 145 Å². The SMILES string of the molecule is CC(C)(c1ccc(C(C)(c2cc(Cc3ccc(OC(CCO)C(=O)O)cc3)c(O)c(Cc3ccc(OC(CCO)C(=O)O)cc3)c2)c2cc(Cc3ccc(OC(CCO)C(=O)O)cc3)c(O)c(Cc3ccc(OC(CCO)C(=O)O)cc3)c2)cc1)c1cc(Cc2ccc(OC(CCO)C(=O)O)cc2)c(O)c(Cc2ccc(OC(CCO)C(=O)O)cc2)c1. The molecule has 0 radical (unpaired) electrons.